The summed E-state index contributed by atoms with van der Waals surface area (Å²) in [4.78, 5) is 12.4. The number of nitrogens with zero attached hydrogens (tertiary/aromatic N) is 1. The second kappa shape index (κ2) is 8.88. The highest BCUT2D eigenvalue weighted by Crippen LogP contribution is 2.35. The number of hydrogen-bond donors (Lipinski definition) is 2. The minimum absolute atomic E-state index is 0.122. The molecule has 1 aliphatic rings. The quantitative estimate of drug-likeness (QED) is 0.705. The van der Waals surface area contributed by atoms with Gasteiger partial charge in [-0.3, -0.25) is 4.79 Å². The van der Waals surface area contributed by atoms with E-state index in [0.29, 0.717) is 0 Å². The number of rotatable bonds is 7. The Labute approximate surface area is 178 Å². The topological polar surface area (TPSA) is 101 Å². The molecule has 2 aromatic rings. The molecule has 0 heterocycles. The van der Waals surface area contributed by atoms with Gasteiger partial charge in [0.05, 0.1) is 4.90 Å². The van der Waals surface area contributed by atoms with E-state index < -0.39 is 21.5 Å². The van der Waals surface area contributed by atoms with Crippen LogP contribution in [0.1, 0.15) is 37.7 Å². The Morgan fingerprint density at radius 2 is 1.70 bits per heavy atom. The second-order valence-corrected chi connectivity index (χ2v) is 10.5. The SMILES string of the molecule is CN(C)S(=O)(=O)c1ccc(-c2cccc(CC(O)(C(N)=O)C3CCCCC3)c2)cc1. The summed E-state index contributed by atoms with van der Waals surface area (Å²) in [7, 11) is -0.483. The fourth-order valence-electron chi connectivity index (χ4n) is 4.22. The van der Waals surface area contributed by atoms with Gasteiger partial charge in [-0.15, -0.1) is 0 Å². The molecular formula is C23H30N2O4S. The van der Waals surface area contributed by atoms with E-state index in [1.165, 1.54) is 18.4 Å². The van der Waals surface area contributed by atoms with Gasteiger partial charge in [-0.25, -0.2) is 12.7 Å². The number of benzene rings is 2. The van der Waals surface area contributed by atoms with Gasteiger partial charge < -0.3 is 10.8 Å². The first-order valence-corrected chi connectivity index (χ1v) is 11.7. The van der Waals surface area contributed by atoms with Crippen LogP contribution in [0.4, 0.5) is 0 Å². The summed E-state index contributed by atoms with van der Waals surface area (Å²) in [6, 6.07) is 14.3. The van der Waals surface area contributed by atoms with Gasteiger partial charge in [0, 0.05) is 20.5 Å². The van der Waals surface area contributed by atoms with Crippen molar-refractivity contribution in [3.63, 3.8) is 0 Å². The minimum Gasteiger partial charge on any atom is -0.379 e. The lowest BCUT2D eigenvalue weighted by atomic mass is 9.73. The molecule has 1 unspecified atom stereocenters. The molecule has 1 saturated carbocycles. The molecule has 0 bridgehead atoms. The van der Waals surface area contributed by atoms with E-state index in [2.05, 4.69) is 0 Å². The first kappa shape index (κ1) is 22.5. The zero-order valence-electron chi connectivity index (χ0n) is 17.5. The Bertz CT molecular complexity index is 996. The predicted octanol–water partition coefficient (Wildman–Crippen LogP) is 2.94. The number of carbonyl (C=O) groups excluding carboxylic acids is 1. The summed E-state index contributed by atoms with van der Waals surface area (Å²) >= 11 is 0. The van der Waals surface area contributed by atoms with Gasteiger partial charge in [0.1, 0.15) is 5.60 Å². The molecule has 0 radical (unpaired) electrons. The van der Waals surface area contributed by atoms with Crippen LogP contribution in [0.3, 0.4) is 0 Å². The summed E-state index contributed by atoms with van der Waals surface area (Å²) in [5.74, 6) is -0.791. The molecule has 3 N–H and O–H groups in total. The van der Waals surface area contributed by atoms with Gasteiger partial charge in [0.25, 0.3) is 0 Å². The third-order valence-corrected chi connectivity index (χ3v) is 7.90. The van der Waals surface area contributed by atoms with Crippen molar-refractivity contribution < 1.29 is 18.3 Å². The standard InChI is InChI=1S/C23H30N2O4S/c1-25(2)30(28,29)21-13-11-18(12-14-21)19-8-6-7-17(15-19)16-23(27,22(24)26)20-9-4-3-5-10-20/h6-8,11-15,20,27H,3-5,9-10,16H2,1-2H3,(H2,24,26). The highest BCUT2D eigenvalue weighted by molar-refractivity contribution is 7.89. The van der Waals surface area contributed by atoms with E-state index in [1.807, 2.05) is 24.3 Å². The number of carbonyl (C=O) groups is 1. The van der Waals surface area contributed by atoms with Crippen molar-refractivity contribution in [3.8, 4) is 11.1 Å². The van der Waals surface area contributed by atoms with Crippen molar-refractivity contribution in [2.45, 2.75) is 49.0 Å². The van der Waals surface area contributed by atoms with Crippen LogP contribution in [0, 0.1) is 5.92 Å². The van der Waals surface area contributed by atoms with E-state index in [1.54, 1.807) is 24.3 Å². The van der Waals surface area contributed by atoms with Gasteiger partial charge in [-0.1, -0.05) is 55.7 Å². The van der Waals surface area contributed by atoms with E-state index in [4.69, 9.17) is 5.73 Å². The molecule has 6 nitrogen and oxygen atoms in total. The molecule has 0 saturated heterocycles. The normalized spacial score (nSPS) is 17.6. The van der Waals surface area contributed by atoms with Crippen molar-refractivity contribution in [2.75, 3.05) is 14.1 Å². The molecule has 30 heavy (non-hydrogen) atoms. The summed E-state index contributed by atoms with van der Waals surface area (Å²) in [6.45, 7) is 0. The van der Waals surface area contributed by atoms with Gasteiger partial charge in [-0.2, -0.15) is 0 Å². The lowest BCUT2D eigenvalue weighted by molar-refractivity contribution is -0.143. The number of nitrogens with two attached hydrogens (primary N) is 1. The highest BCUT2D eigenvalue weighted by Gasteiger charge is 2.42. The highest BCUT2D eigenvalue weighted by atomic mass is 32.2. The molecule has 3 rings (SSSR count). The Morgan fingerprint density at radius 3 is 2.27 bits per heavy atom. The molecule has 0 aromatic heterocycles. The minimum atomic E-state index is -3.48. The number of sulfonamides is 1. The number of amides is 1. The van der Waals surface area contributed by atoms with Gasteiger partial charge >= 0.3 is 0 Å². The maximum absolute atomic E-state index is 12.3. The number of primary amides is 1. The number of hydrogen-bond acceptors (Lipinski definition) is 4. The summed E-state index contributed by atoms with van der Waals surface area (Å²) < 4.78 is 25.7. The van der Waals surface area contributed by atoms with Crippen molar-refractivity contribution in [3.05, 3.63) is 54.1 Å². The third kappa shape index (κ3) is 4.58. The largest absolute Gasteiger partial charge is 0.379 e. The summed E-state index contributed by atoms with van der Waals surface area (Å²) in [5.41, 5.74) is 6.64. The zero-order chi connectivity index (χ0) is 21.9. The van der Waals surface area contributed by atoms with E-state index >= 15 is 0 Å². The summed E-state index contributed by atoms with van der Waals surface area (Å²) in [5, 5.41) is 11.2. The molecule has 0 spiro atoms. The Morgan fingerprint density at radius 1 is 1.07 bits per heavy atom. The lowest BCUT2D eigenvalue weighted by Crippen LogP contribution is -2.52. The molecule has 1 amide bonds. The molecule has 0 aliphatic heterocycles. The maximum atomic E-state index is 12.3. The molecule has 1 atom stereocenters. The first-order chi connectivity index (χ1) is 14.1. The van der Waals surface area contributed by atoms with Crippen LogP contribution in [0.25, 0.3) is 11.1 Å². The smallest absolute Gasteiger partial charge is 0.250 e. The monoisotopic (exact) mass is 430 g/mol. The average molecular weight is 431 g/mol. The second-order valence-electron chi connectivity index (χ2n) is 8.31. The Kier molecular flexibility index (Phi) is 6.65. The fourth-order valence-corrected chi connectivity index (χ4v) is 5.12. The molecular weight excluding hydrogens is 400 g/mol. The van der Waals surface area contributed by atoms with Crippen LogP contribution in [0.5, 0.6) is 0 Å². The van der Waals surface area contributed by atoms with Gasteiger partial charge in [-0.05, 0) is 47.6 Å². The first-order valence-electron chi connectivity index (χ1n) is 10.3. The van der Waals surface area contributed by atoms with Crippen LogP contribution in [-0.2, 0) is 21.2 Å². The maximum Gasteiger partial charge on any atom is 0.250 e. The predicted molar refractivity (Wildman–Crippen MR) is 117 cm³/mol. The van der Waals surface area contributed by atoms with Crippen LogP contribution in [0.2, 0.25) is 0 Å². The van der Waals surface area contributed by atoms with Gasteiger partial charge in [0.15, 0.2) is 0 Å². The lowest BCUT2D eigenvalue weighted by Gasteiger charge is -2.36. The Hall–Kier alpha value is -2.22. The van der Waals surface area contributed by atoms with Crippen molar-refractivity contribution >= 4 is 15.9 Å². The fraction of sp³-hybridized carbons (Fsp3) is 0.435. The molecule has 7 heteroatoms. The van der Waals surface area contributed by atoms with Crippen molar-refractivity contribution in [2.24, 2.45) is 11.7 Å². The molecule has 1 aliphatic carbocycles. The molecule has 2 aromatic carbocycles. The van der Waals surface area contributed by atoms with Crippen LogP contribution in [0.15, 0.2) is 53.4 Å². The van der Waals surface area contributed by atoms with E-state index in [0.717, 1.165) is 48.8 Å². The zero-order valence-corrected chi connectivity index (χ0v) is 18.4. The van der Waals surface area contributed by atoms with Crippen LogP contribution < -0.4 is 5.73 Å². The van der Waals surface area contributed by atoms with Gasteiger partial charge in [0.2, 0.25) is 15.9 Å². The Balaban J connectivity index is 1.86. The molecule has 162 valence electrons. The van der Waals surface area contributed by atoms with Crippen LogP contribution >= 0.6 is 0 Å². The van der Waals surface area contributed by atoms with Crippen LogP contribution in [-0.4, -0.2) is 43.4 Å². The number of aliphatic hydroxyl groups is 1. The molecule has 1 fully saturated rings. The van der Waals surface area contributed by atoms with E-state index in [-0.39, 0.29) is 17.2 Å². The van der Waals surface area contributed by atoms with Crippen molar-refractivity contribution in [1.82, 2.24) is 4.31 Å². The van der Waals surface area contributed by atoms with Crippen molar-refractivity contribution in [1.29, 1.82) is 0 Å². The van der Waals surface area contributed by atoms with E-state index in [9.17, 15) is 18.3 Å². The average Bonchev–Trinajstić information content (AvgIpc) is 2.74. The third-order valence-electron chi connectivity index (χ3n) is 6.07. The summed E-state index contributed by atoms with van der Waals surface area (Å²) in [6.07, 6.45) is 4.92.